The van der Waals surface area contributed by atoms with Crippen LogP contribution in [-0.4, -0.2) is 23.2 Å². The maximum atomic E-state index is 12.2. The van der Waals surface area contributed by atoms with E-state index in [9.17, 15) is 13.5 Å². The molecule has 0 unspecified atom stereocenters. The van der Waals surface area contributed by atoms with Gasteiger partial charge in [-0.1, -0.05) is 5.16 Å². The normalized spacial score (nSPS) is 12.2. The topological polar surface area (TPSA) is 97.4 Å². The van der Waals surface area contributed by atoms with Crippen LogP contribution in [-0.2, 0) is 23.2 Å². The van der Waals surface area contributed by atoms with Crippen molar-refractivity contribution in [2.75, 3.05) is 0 Å². The summed E-state index contributed by atoms with van der Waals surface area (Å²) in [6.07, 6.45) is 2.89. The Balaban J connectivity index is 2.21. The summed E-state index contributed by atoms with van der Waals surface area (Å²) < 4.78 is 33.1. The molecule has 0 aliphatic carbocycles. The second-order valence-corrected chi connectivity index (χ2v) is 6.41. The Morgan fingerprint density at radius 1 is 1.50 bits per heavy atom. The van der Waals surface area contributed by atoms with E-state index in [1.165, 1.54) is 18.5 Å². The van der Waals surface area contributed by atoms with Crippen LogP contribution < -0.4 is 4.72 Å². The van der Waals surface area contributed by atoms with E-state index in [0.717, 1.165) is 0 Å². The van der Waals surface area contributed by atoms with Crippen molar-refractivity contribution < 1.29 is 18.0 Å². The van der Waals surface area contributed by atoms with E-state index in [4.69, 9.17) is 0 Å². The molecule has 2 heterocycles. The molecule has 0 spiro atoms. The molecule has 0 radical (unpaired) electrons. The van der Waals surface area contributed by atoms with Crippen molar-refractivity contribution in [3.8, 4) is 0 Å². The summed E-state index contributed by atoms with van der Waals surface area (Å²) >= 11 is 0. The van der Waals surface area contributed by atoms with Crippen molar-refractivity contribution in [2.24, 2.45) is 0 Å². The van der Waals surface area contributed by atoms with Gasteiger partial charge >= 0.3 is 0 Å². The minimum absolute atomic E-state index is 0.0557. The third-order valence-corrected chi connectivity index (χ3v) is 4.24. The number of sulfonamides is 1. The monoisotopic (exact) mass is 299 g/mol. The molecule has 2 rings (SSSR count). The summed E-state index contributed by atoms with van der Waals surface area (Å²) in [7, 11) is -3.65. The average Bonchev–Trinajstić information content (AvgIpc) is 3.05. The predicted molar refractivity (Wildman–Crippen MR) is 71.3 cm³/mol. The molecule has 0 aromatic carbocycles. The van der Waals surface area contributed by atoms with Crippen LogP contribution in [0.3, 0.4) is 0 Å². The second-order valence-electron chi connectivity index (χ2n) is 4.64. The fraction of sp³-hybridized carbons (Fsp3) is 0.417. The van der Waals surface area contributed by atoms with Gasteiger partial charge in [-0.25, -0.2) is 13.1 Å². The molecule has 0 fully saturated rings. The Kier molecular flexibility index (Phi) is 4.26. The number of hydrogen-bond donors (Lipinski definition) is 2. The molecule has 20 heavy (non-hydrogen) atoms. The maximum Gasteiger partial charge on any atom is 0.242 e. The van der Waals surface area contributed by atoms with Gasteiger partial charge in [0, 0.05) is 24.0 Å². The highest BCUT2D eigenvalue weighted by Gasteiger charge is 2.19. The number of nitrogens with zero attached hydrogens (tertiary/aromatic N) is 2. The number of hydrogen-bond acceptors (Lipinski definition) is 5. The first-order chi connectivity index (χ1) is 9.44. The molecular weight excluding hydrogens is 282 g/mol. The van der Waals surface area contributed by atoms with Gasteiger partial charge in [-0.15, -0.1) is 0 Å². The fourth-order valence-corrected chi connectivity index (χ4v) is 2.88. The summed E-state index contributed by atoms with van der Waals surface area (Å²) in [6, 6.07) is 3.11. The van der Waals surface area contributed by atoms with E-state index >= 15 is 0 Å². The Labute approximate surface area is 117 Å². The summed E-state index contributed by atoms with van der Waals surface area (Å²) in [6.45, 7) is 3.67. The van der Waals surface area contributed by atoms with Gasteiger partial charge in [0.1, 0.15) is 6.26 Å². The summed E-state index contributed by atoms with van der Waals surface area (Å²) in [5, 5.41) is 12.9. The zero-order chi connectivity index (χ0) is 14.8. The van der Waals surface area contributed by atoms with Crippen LogP contribution in [0.2, 0.25) is 0 Å². The van der Waals surface area contributed by atoms with Crippen molar-refractivity contribution in [2.45, 2.75) is 37.9 Å². The van der Waals surface area contributed by atoms with Gasteiger partial charge in [-0.2, -0.15) is 0 Å². The van der Waals surface area contributed by atoms with Gasteiger partial charge < -0.3 is 14.2 Å². The molecule has 8 heteroatoms. The smallest absolute Gasteiger partial charge is 0.242 e. The summed E-state index contributed by atoms with van der Waals surface area (Å²) in [5.41, 5.74) is 1.06. The van der Waals surface area contributed by atoms with Gasteiger partial charge in [0.25, 0.3) is 0 Å². The van der Waals surface area contributed by atoms with Crippen molar-refractivity contribution in [3.05, 3.63) is 36.0 Å². The highest BCUT2D eigenvalue weighted by Crippen LogP contribution is 2.19. The molecule has 0 aliphatic rings. The van der Waals surface area contributed by atoms with Gasteiger partial charge in [-0.3, -0.25) is 0 Å². The van der Waals surface area contributed by atoms with Crippen LogP contribution in [0.15, 0.2) is 34.0 Å². The van der Waals surface area contributed by atoms with Crippen LogP contribution in [0.5, 0.6) is 0 Å². The highest BCUT2D eigenvalue weighted by atomic mass is 32.2. The third-order valence-electron chi connectivity index (χ3n) is 2.87. The molecular formula is C12H17N3O4S. The Morgan fingerprint density at radius 3 is 2.75 bits per heavy atom. The SMILES string of the molecule is CC(C)n1cc(S(=O)(=O)NCc2ccon2)cc1CO. The molecule has 0 saturated heterocycles. The molecule has 0 atom stereocenters. The van der Waals surface area contributed by atoms with E-state index in [2.05, 4.69) is 14.4 Å². The van der Waals surface area contributed by atoms with E-state index in [1.807, 2.05) is 13.8 Å². The van der Waals surface area contributed by atoms with Gasteiger partial charge in [0.05, 0.1) is 23.7 Å². The first-order valence-electron chi connectivity index (χ1n) is 6.14. The summed E-state index contributed by atoms with van der Waals surface area (Å²) in [5.74, 6) is 0. The summed E-state index contributed by atoms with van der Waals surface area (Å²) in [4.78, 5) is 0.124. The lowest BCUT2D eigenvalue weighted by Gasteiger charge is -2.10. The van der Waals surface area contributed by atoms with E-state index < -0.39 is 10.0 Å². The van der Waals surface area contributed by atoms with Crippen LogP contribution in [0.25, 0.3) is 0 Å². The number of rotatable bonds is 6. The molecule has 7 nitrogen and oxygen atoms in total. The van der Waals surface area contributed by atoms with Crippen molar-refractivity contribution in [3.63, 3.8) is 0 Å². The van der Waals surface area contributed by atoms with Crippen molar-refractivity contribution in [1.82, 2.24) is 14.4 Å². The third kappa shape index (κ3) is 3.09. The second kappa shape index (κ2) is 5.78. The van der Waals surface area contributed by atoms with Crippen molar-refractivity contribution >= 4 is 10.0 Å². The quantitative estimate of drug-likeness (QED) is 0.830. The molecule has 0 saturated carbocycles. The van der Waals surface area contributed by atoms with Gasteiger partial charge in [0.2, 0.25) is 10.0 Å². The van der Waals surface area contributed by atoms with Crippen molar-refractivity contribution in [1.29, 1.82) is 0 Å². The lowest BCUT2D eigenvalue weighted by atomic mass is 10.3. The Hall–Kier alpha value is -1.64. The standard InChI is InChI=1S/C12H17N3O4S/c1-9(2)15-7-12(5-11(15)8-16)20(17,18)13-6-10-3-4-19-14-10/h3-5,7,9,13,16H,6,8H2,1-2H3. The zero-order valence-electron chi connectivity index (χ0n) is 11.3. The molecule has 110 valence electrons. The van der Waals surface area contributed by atoms with Gasteiger partial charge in [0.15, 0.2) is 0 Å². The zero-order valence-corrected chi connectivity index (χ0v) is 12.1. The Bertz CT molecular complexity index is 659. The first-order valence-corrected chi connectivity index (χ1v) is 7.63. The average molecular weight is 299 g/mol. The van der Waals surface area contributed by atoms with Crippen LogP contribution in [0.4, 0.5) is 0 Å². The predicted octanol–water partition coefficient (Wildman–Crippen LogP) is 1.03. The fourth-order valence-electron chi connectivity index (χ4n) is 1.83. The van der Waals surface area contributed by atoms with Crippen LogP contribution >= 0.6 is 0 Å². The largest absolute Gasteiger partial charge is 0.390 e. The molecule has 2 aromatic heterocycles. The van der Waals surface area contributed by atoms with E-state index in [-0.39, 0.29) is 24.1 Å². The molecule has 0 bridgehead atoms. The lowest BCUT2D eigenvalue weighted by Crippen LogP contribution is -2.23. The molecule has 2 N–H and O–H groups in total. The highest BCUT2D eigenvalue weighted by molar-refractivity contribution is 7.89. The maximum absolute atomic E-state index is 12.2. The van der Waals surface area contributed by atoms with Crippen LogP contribution in [0, 0.1) is 0 Å². The van der Waals surface area contributed by atoms with E-state index in [1.54, 1.807) is 10.6 Å². The number of nitrogens with one attached hydrogen (secondary N) is 1. The molecule has 0 amide bonds. The lowest BCUT2D eigenvalue weighted by molar-refractivity contribution is 0.268. The minimum Gasteiger partial charge on any atom is -0.390 e. The molecule has 2 aromatic rings. The number of aliphatic hydroxyl groups excluding tert-OH is 1. The number of aromatic nitrogens is 2. The Morgan fingerprint density at radius 2 is 2.25 bits per heavy atom. The van der Waals surface area contributed by atoms with Gasteiger partial charge in [-0.05, 0) is 19.9 Å². The van der Waals surface area contributed by atoms with E-state index in [0.29, 0.717) is 11.4 Å². The van der Waals surface area contributed by atoms with Crippen LogP contribution in [0.1, 0.15) is 31.3 Å². The minimum atomic E-state index is -3.65. The first kappa shape index (κ1) is 14.8. The number of aliphatic hydroxyl groups is 1. The molecule has 0 aliphatic heterocycles.